The van der Waals surface area contributed by atoms with E-state index in [9.17, 15) is 9.59 Å². The lowest BCUT2D eigenvalue weighted by atomic mass is 10.1. The molecule has 8 nitrogen and oxygen atoms in total. The molecule has 0 saturated heterocycles. The summed E-state index contributed by atoms with van der Waals surface area (Å²) in [6.07, 6.45) is 0.734. The van der Waals surface area contributed by atoms with Gasteiger partial charge in [0.05, 0.1) is 11.0 Å². The predicted octanol–water partition coefficient (Wildman–Crippen LogP) is 3.41. The van der Waals surface area contributed by atoms with Gasteiger partial charge in [-0.05, 0) is 51.0 Å². The van der Waals surface area contributed by atoms with E-state index in [1.807, 2.05) is 57.2 Å². The van der Waals surface area contributed by atoms with E-state index < -0.39 is 0 Å². The lowest BCUT2D eigenvalue weighted by Gasteiger charge is -2.07. The number of nitrogens with one attached hydrogen (secondary N) is 1. The first kappa shape index (κ1) is 21.5. The van der Waals surface area contributed by atoms with Crippen LogP contribution in [0, 0.1) is 13.8 Å². The number of hydrogen-bond acceptors (Lipinski definition) is 5. The summed E-state index contributed by atoms with van der Waals surface area (Å²) in [5, 5.41) is 6.90. The van der Waals surface area contributed by atoms with Gasteiger partial charge in [0.2, 0.25) is 17.6 Å². The molecule has 4 rings (SSSR count). The molecule has 0 spiro atoms. The Morgan fingerprint density at radius 3 is 2.62 bits per heavy atom. The quantitative estimate of drug-likeness (QED) is 0.482. The zero-order chi connectivity index (χ0) is 22.8. The van der Waals surface area contributed by atoms with E-state index in [1.54, 1.807) is 11.5 Å². The second kappa shape index (κ2) is 8.82. The Labute approximate surface area is 185 Å². The molecule has 0 aliphatic carbocycles. The molecule has 32 heavy (non-hydrogen) atoms. The van der Waals surface area contributed by atoms with Crippen LogP contribution in [0.5, 0.6) is 0 Å². The summed E-state index contributed by atoms with van der Waals surface area (Å²) >= 11 is 0. The second-order valence-corrected chi connectivity index (χ2v) is 8.26. The van der Waals surface area contributed by atoms with Gasteiger partial charge >= 0.3 is 5.69 Å². The number of aromatic nitrogens is 4. The number of amides is 1. The molecule has 0 aliphatic heterocycles. The molecule has 0 fully saturated rings. The van der Waals surface area contributed by atoms with Gasteiger partial charge in [0.15, 0.2) is 0 Å². The summed E-state index contributed by atoms with van der Waals surface area (Å²) in [6.45, 7) is 8.11. The van der Waals surface area contributed by atoms with Gasteiger partial charge in [-0.1, -0.05) is 35.0 Å². The third-order valence-corrected chi connectivity index (χ3v) is 5.38. The number of imidazole rings is 1. The fourth-order valence-electron chi connectivity index (χ4n) is 3.90. The molecule has 0 atom stereocenters. The fourth-order valence-corrected chi connectivity index (χ4v) is 3.90. The molecule has 0 aliphatic rings. The second-order valence-electron chi connectivity index (χ2n) is 8.26. The highest BCUT2D eigenvalue weighted by molar-refractivity contribution is 5.84. The molecular formula is C24H27N5O3. The van der Waals surface area contributed by atoms with Crippen molar-refractivity contribution in [3.8, 4) is 11.4 Å². The Hall–Kier alpha value is -3.68. The number of carbonyl (C=O) groups excluding carboxylic acids is 1. The lowest BCUT2D eigenvalue weighted by Crippen LogP contribution is -2.34. The van der Waals surface area contributed by atoms with Crippen molar-refractivity contribution < 1.29 is 9.32 Å². The number of carbonyl (C=O) groups is 1. The number of hydrogen-bond donors (Lipinski definition) is 1. The van der Waals surface area contributed by atoms with Crippen molar-refractivity contribution in [2.24, 2.45) is 0 Å². The number of fused-ring (bicyclic) bond motifs is 1. The van der Waals surface area contributed by atoms with E-state index in [4.69, 9.17) is 4.52 Å². The van der Waals surface area contributed by atoms with Crippen molar-refractivity contribution in [1.29, 1.82) is 0 Å². The Morgan fingerprint density at radius 1 is 1.12 bits per heavy atom. The molecular weight excluding hydrogens is 406 g/mol. The number of benzene rings is 2. The highest BCUT2D eigenvalue weighted by Crippen LogP contribution is 2.24. The van der Waals surface area contributed by atoms with Gasteiger partial charge in [-0.3, -0.25) is 13.9 Å². The Balaban J connectivity index is 1.59. The number of aryl methyl sites for hydroxylation is 2. The average molecular weight is 434 g/mol. The van der Waals surface area contributed by atoms with Gasteiger partial charge in [0.1, 0.15) is 6.54 Å². The summed E-state index contributed by atoms with van der Waals surface area (Å²) in [5.41, 5.74) is 4.29. The van der Waals surface area contributed by atoms with Crippen LogP contribution in [-0.2, 0) is 17.8 Å². The topological polar surface area (TPSA) is 95.0 Å². The SMILES string of the molecule is Cc1cccc(CCNC(=O)Cn2c(=O)n(C(C)C)c3ccc(-c4noc(C)n4)cc32)c1. The van der Waals surface area contributed by atoms with E-state index in [-0.39, 0.29) is 24.2 Å². The molecule has 8 heteroatoms. The van der Waals surface area contributed by atoms with Gasteiger partial charge in [0.25, 0.3) is 0 Å². The van der Waals surface area contributed by atoms with Crippen LogP contribution in [-0.4, -0.2) is 31.7 Å². The van der Waals surface area contributed by atoms with Gasteiger partial charge in [0, 0.05) is 25.1 Å². The van der Waals surface area contributed by atoms with Crippen molar-refractivity contribution in [2.45, 2.75) is 46.7 Å². The van der Waals surface area contributed by atoms with E-state index in [0.717, 1.165) is 17.5 Å². The molecule has 0 radical (unpaired) electrons. The van der Waals surface area contributed by atoms with Gasteiger partial charge < -0.3 is 9.84 Å². The van der Waals surface area contributed by atoms with Crippen LogP contribution in [0.15, 0.2) is 51.8 Å². The first-order valence-corrected chi connectivity index (χ1v) is 10.7. The van der Waals surface area contributed by atoms with Crippen LogP contribution in [0.1, 0.15) is 36.9 Å². The maximum atomic E-state index is 13.1. The minimum absolute atomic E-state index is 0.0473. The van der Waals surface area contributed by atoms with Crippen LogP contribution in [0.4, 0.5) is 0 Å². The van der Waals surface area contributed by atoms with Crippen LogP contribution in [0.2, 0.25) is 0 Å². The predicted molar refractivity (Wildman–Crippen MR) is 123 cm³/mol. The number of rotatable bonds is 7. The fraction of sp³-hybridized carbons (Fsp3) is 0.333. The summed E-state index contributed by atoms with van der Waals surface area (Å²) in [7, 11) is 0. The molecule has 2 heterocycles. The van der Waals surface area contributed by atoms with Crippen molar-refractivity contribution in [3.05, 3.63) is 70.0 Å². The van der Waals surface area contributed by atoms with Crippen LogP contribution in [0.25, 0.3) is 22.4 Å². The average Bonchev–Trinajstić information content (AvgIpc) is 3.29. The van der Waals surface area contributed by atoms with Crippen LogP contribution >= 0.6 is 0 Å². The molecule has 1 N–H and O–H groups in total. The normalized spacial score (nSPS) is 11.4. The summed E-state index contributed by atoms with van der Waals surface area (Å²) in [5.74, 6) is 0.705. The van der Waals surface area contributed by atoms with Crippen molar-refractivity contribution in [2.75, 3.05) is 6.54 Å². The number of nitrogens with zero attached hydrogens (tertiary/aromatic N) is 4. The molecule has 166 valence electrons. The minimum atomic E-state index is -0.217. The largest absolute Gasteiger partial charge is 0.354 e. The summed E-state index contributed by atoms with van der Waals surface area (Å²) < 4.78 is 8.28. The zero-order valence-corrected chi connectivity index (χ0v) is 18.8. The highest BCUT2D eigenvalue weighted by Gasteiger charge is 2.19. The molecule has 0 saturated carbocycles. The maximum Gasteiger partial charge on any atom is 0.329 e. The summed E-state index contributed by atoms with van der Waals surface area (Å²) in [4.78, 5) is 30.1. The van der Waals surface area contributed by atoms with E-state index in [2.05, 4.69) is 21.5 Å². The molecule has 0 unspecified atom stereocenters. The first-order chi connectivity index (χ1) is 15.3. The standard InChI is InChI=1S/C24H27N5O3/c1-15(2)29-20-9-8-19(23-26-17(4)32-27-23)13-21(20)28(24(29)31)14-22(30)25-11-10-18-7-5-6-16(3)12-18/h5-9,12-13,15H,10-11,14H2,1-4H3,(H,25,30). The van der Waals surface area contributed by atoms with E-state index in [1.165, 1.54) is 15.7 Å². The van der Waals surface area contributed by atoms with Gasteiger partial charge in [-0.15, -0.1) is 0 Å². The maximum absolute atomic E-state index is 13.1. The third kappa shape index (κ3) is 4.34. The van der Waals surface area contributed by atoms with Crippen LogP contribution in [0.3, 0.4) is 0 Å². The third-order valence-electron chi connectivity index (χ3n) is 5.38. The molecule has 2 aromatic heterocycles. The van der Waals surface area contributed by atoms with Gasteiger partial charge in [-0.25, -0.2) is 4.79 Å². The highest BCUT2D eigenvalue weighted by atomic mass is 16.5. The van der Waals surface area contributed by atoms with E-state index >= 15 is 0 Å². The first-order valence-electron chi connectivity index (χ1n) is 10.7. The zero-order valence-electron chi connectivity index (χ0n) is 18.8. The molecule has 4 aromatic rings. The molecule has 1 amide bonds. The monoisotopic (exact) mass is 433 g/mol. The van der Waals surface area contributed by atoms with Gasteiger partial charge in [-0.2, -0.15) is 4.98 Å². The van der Waals surface area contributed by atoms with Crippen molar-refractivity contribution >= 4 is 16.9 Å². The minimum Gasteiger partial charge on any atom is -0.354 e. The molecule has 2 aromatic carbocycles. The van der Waals surface area contributed by atoms with Crippen molar-refractivity contribution in [1.82, 2.24) is 24.6 Å². The van der Waals surface area contributed by atoms with Crippen LogP contribution < -0.4 is 11.0 Å². The Kier molecular flexibility index (Phi) is 5.94. The Bertz CT molecular complexity index is 1330. The Morgan fingerprint density at radius 2 is 1.94 bits per heavy atom. The van der Waals surface area contributed by atoms with E-state index in [0.29, 0.717) is 23.8 Å². The summed E-state index contributed by atoms with van der Waals surface area (Å²) in [6, 6.07) is 13.7. The van der Waals surface area contributed by atoms with Crippen molar-refractivity contribution in [3.63, 3.8) is 0 Å². The lowest BCUT2D eigenvalue weighted by molar-refractivity contribution is -0.121. The molecule has 0 bridgehead atoms. The smallest absolute Gasteiger partial charge is 0.329 e.